The van der Waals surface area contributed by atoms with Crippen LogP contribution in [-0.2, 0) is 0 Å². The third kappa shape index (κ3) is 3.68. The molecule has 144 valence electrons. The monoisotopic (exact) mass is 379 g/mol. The minimum Gasteiger partial charge on any atom is -0.363 e. The molecule has 1 aliphatic heterocycles. The number of aromatic nitrogens is 5. The van der Waals surface area contributed by atoms with Crippen molar-refractivity contribution >= 4 is 11.7 Å². The fourth-order valence-electron chi connectivity index (χ4n) is 3.30. The molecule has 0 radical (unpaired) electrons. The molecule has 9 heteroatoms. The Bertz CT molecular complexity index is 944. The summed E-state index contributed by atoms with van der Waals surface area (Å²) in [6.45, 7) is 1.27. The number of carbonyl (C=O) groups excluding carboxylic acids is 1. The van der Waals surface area contributed by atoms with Gasteiger partial charge < -0.3 is 14.3 Å². The first kappa shape index (κ1) is 18.0. The summed E-state index contributed by atoms with van der Waals surface area (Å²) in [5.41, 5.74) is 1.52. The summed E-state index contributed by atoms with van der Waals surface area (Å²) in [5.74, 6) is 1.56. The van der Waals surface area contributed by atoms with Gasteiger partial charge in [0.25, 0.3) is 5.91 Å². The predicted molar refractivity (Wildman–Crippen MR) is 102 cm³/mol. The molecule has 0 saturated carbocycles. The van der Waals surface area contributed by atoms with E-state index < -0.39 is 0 Å². The molecule has 3 aromatic rings. The van der Waals surface area contributed by atoms with E-state index in [1.807, 2.05) is 25.1 Å². The van der Waals surface area contributed by atoms with E-state index in [0.717, 1.165) is 24.4 Å². The average molecular weight is 379 g/mol. The highest BCUT2D eigenvalue weighted by Gasteiger charge is 2.28. The molecule has 0 aliphatic carbocycles. The number of rotatable bonds is 4. The second-order valence-corrected chi connectivity index (χ2v) is 6.93. The van der Waals surface area contributed by atoms with Gasteiger partial charge in [-0.15, -0.1) is 0 Å². The second-order valence-electron chi connectivity index (χ2n) is 6.93. The molecular formula is C19H21N7O2. The van der Waals surface area contributed by atoms with Crippen molar-refractivity contribution in [3.05, 3.63) is 48.4 Å². The first-order chi connectivity index (χ1) is 13.6. The Morgan fingerprint density at radius 2 is 2.14 bits per heavy atom. The largest absolute Gasteiger partial charge is 0.363 e. The normalized spacial score (nSPS) is 16.8. The Balaban J connectivity index is 1.64. The van der Waals surface area contributed by atoms with Crippen LogP contribution in [-0.4, -0.2) is 63.1 Å². The third-order valence-electron chi connectivity index (χ3n) is 4.76. The highest BCUT2D eigenvalue weighted by atomic mass is 16.5. The average Bonchev–Trinajstić information content (AvgIpc) is 3.28. The topological polar surface area (TPSA) is 101 Å². The third-order valence-corrected chi connectivity index (χ3v) is 4.76. The zero-order valence-electron chi connectivity index (χ0n) is 15.8. The lowest BCUT2D eigenvalue weighted by Gasteiger charge is -2.32. The molecule has 4 heterocycles. The number of hydrogen-bond donors (Lipinski definition) is 0. The van der Waals surface area contributed by atoms with E-state index >= 15 is 0 Å². The molecule has 28 heavy (non-hydrogen) atoms. The Morgan fingerprint density at radius 3 is 2.86 bits per heavy atom. The first-order valence-corrected chi connectivity index (χ1v) is 9.14. The minimum atomic E-state index is -0.141. The van der Waals surface area contributed by atoms with Gasteiger partial charge in [0.05, 0.1) is 18.1 Å². The van der Waals surface area contributed by atoms with Gasteiger partial charge in [-0.2, -0.15) is 0 Å². The van der Waals surface area contributed by atoms with Crippen LogP contribution in [0, 0.1) is 0 Å². The molecule has 1 unspecified atom stereocenters. The van der Waals surface area contributed by atoms with Crippen LogP contribution in [0.2, 0.25) is 0 Å². The van der Waals surface area contributed by atoms with E-state index in [2.05, 4.69) is 20.1 Å². The summed E-state index contributed by atoms with van der Waals surface area (Å²) < 4.78 is 5.03. The van der Waals surface area contributed by atoms with E-state index in [1.54, 1.807) is 29.6 Å². The van der Waals surface area contributed by atoms with Crippen molar-refractivity contribution in [1.82, 2.24) is 30.0 Å². The summed E-state index contributed by atoms with van der Waals surface area (Å²) in [6, 6.07) is 3.57. The van der Waals surface area contributed by atoms with E-state index in [0.29, 0.717) is 24.6 Å². The molecule has 1 aliphatic rings. The summed E-state index contributed by atoms with van der Waals surface area (Å²) in [4.78, 5) is 34.2. The van der Waals surface area contributed by atoms with Crippen LogP contribution in [0.4, 0.5) is 5.82 Å². The second kappa shape index (κ2) is 7.71. The number of amides is 1. The summed E-state index contributed by atoms with van der Waals surface area (Å²) in [7, 11) is 3.88. The van der Waals surface area contributed by atoms with Gasteiger partial charge in [-0.3, -0.25) is 9.78 Å². The van der Waals surface area contributed by atoms with E-state index in [-0.39, 0.29) is 17.6 Å². The van der Waals surface area contributed by atoms with Gasteiger partial charge in [-0.1, -0.05) is 5.16 Å². The minimum absolute atomic E-state index is 0.109. The first-order valence-electron chi connectivity index (χ1n) is 9.14. The van der Waals surface area contributed by atoms with Crippen molar-refractivity contribution in [1.29, 1.82) is 0 Å². The van der Waals surface area contributed by atoms with E-state index in [9.17, 15) is 4.79 Å². The van der Waals surface area contributed by atoms with Crippen LogP contribution in [0.1, 0.15) is 35.0 Å². The van der Waals surface area contributed by atoms with Gasteiger partial charge in [0.2, 0.25) is 5.76 Å². The predicted octanol–water partition coefficient (Wildman–Crippen LogP) is 2.01. The standard InChI is InChI=1S/C19H21N7O2/c1-25(2)17-10-14(23-18(24-17)15-11-20-7-8-21-15)13-4-3-9-26(12-13)19(27)16-5-6-22-28-16/h5-8,10-11,13H,3-4,9,12H2,1-2H3. The number of hydrogen-bond acceptors (Lipinski definition) is 8. The molecule has 3 aromatic heterocycles. The van der Waals surface area contributed by atoms with Crippen LogP contribution < -0.4 is 4.90 Å². The van der Waals surface area contributed by atoms with Crippen molar-refractivity contribution in [3.8, 4) is 11.5 Å². The zero-order valence-corrected chi connectivity index (χ0v) is 15.8. The van der Waals surface area contributed by atoms with Gasteiger partial charge in [-0.05, 0) is 12.8 Å². The van der Waals surface area contributed by atoms with Crippen molar-refractivity contribution in [2.45, 2.75) is 18.8 Å². The summed E-state index contributed by atoms with van der Waals surface area (Å²) >= 11 is 0. The molecule has 0 spiro atoms. The molecule has 4 rings (SSSR count). The van der Waals surface area contributed by atoms with Gasteiger partial charge >= 0.3 is 0 Å². The highest BCUT2D eigenvalue weighted by molar-refractivity contribution is 5.91. The highest BCUT2D eigenvalue weighted by Crippen LogP contribution is 2.29. The molecule has 1 saturated heterocycles. The number of anilines is 1. The molecule has 1 fully saturated rings. The maximum Gasteiger partial charge on any atom is 0.292 e. The molecule has 0 aromatic carbocycles. The van der Waals surface area contributed by atoms with Crippen molar-refractivity contribution in [2.24, 2.45) is 0 Å². The quantitative estimate of drug-likeness (QED) is 0.678. The van der Waals surface area contributed by atoms with Crippen molar-refractivity contribution < 1.29 is 9.32 Å². The number of nitrogens with zero attached hydrogens (tertiary/aromatic N) is 7. The Labute approximate surface area is 162 Å². The molecule has 0 bridgehead atoms. The number of piperidine rings is 1. The van der Waals surface area contributed by atoms with Crippen molar-refractivity contribution in [2.75, 3.05) is 32.1 Å². The van der Waals surface area contributed by atoms with Crippen molar-refractivity contribution in [3.63, 3.8) is 0 Å². The van der Waals surface area contributed by atoms with Gasteiger partial charge in [0.15, 0.2) is 5.82 Å². The lowest BCUT2D eigenvalue weighted by molar-refractivity contribution is 0.0664. The Kier molecular flexibility index (Phi) is 4.96. The number of carbonyl (C=O) groups is 1. The van der Waals surface area contributed by atoms with Crippen LogP contribution in [0.3, 0.4) is 0 Å². The molecule has 9 nitrogen and oxygen atoms in total. The van der Waals surface area contributed by atoms with Crippen LogP contribution in [0.5, 0.6) is 0 Å². The molecule has 1 atom stereocenters. The Morgan fingerprint density at radius 1 is 1.25 bits per heavy atom. The van der Waals surface area contributed by atoms with Gasteiger partial charge in [0, 0.05) is 57.6 Å². The smallest absolute Gasteiger partial charge is 0.292 e. The van der Waals surface area contributed by atoms with E-state index in [1.165, 1.54) is 6.20 Å². The Hall–Kier alpha value is -3.36. The molecule has 0 N–H and O–H groups in total. The fraction of sp³-hybridized carbons (Fsp3) is 0.368. The lowest BCUT2D eigenvalue weighted by Crippen LogP contribution is -2.39. The molecular weight excluding hydrogens is 358 g/mol. The summed E-state index contributed by atoms with van der Waals surface area (Å²) in [6.07, 6.45) is 8.22. The lowest BCUT2D eigenvalue weighted by atomic mass is 9.94. The SMILES string of the molecule is CN(C)c1cc(C2CCCN(C(=O)c3ccno3)C2)nc(-c2cnccn2)n1. The van der Waals surface area contributed by atoms with Gasteiger partial charge in [0.1, 0.15) is 11.5 Å². The zero-order chi connectivity index (χ0) is 19.5. The maximum absolute atomic E-state index is 12.6. The fourth-order valence-corrected chi connectivity index (χ4v) is 3.30. The number of likely N-dealkylation sites (tertiary alicyclic amines) is 1. The van der Waals surface area contributed by atoms with Crippen LogP contribution >= 0.6 is 0 Å². The van der Waals surface area contributed by atoms with Crippen LogP contribution in [0.25, 0.3) is 11.5 Å². The van der Waals surface area contributed by atoms with Crippen LogP contribution in [0.15, 0.2) is 41.4 Å². The van der Waals surface area contributed by atoms with E-state index in [4.69, 9.17) is 9.51 Å². The summed E-state index contributed by atoms with van der Waals surface area (Å²) in [5, 5.41) is 3.63. The maximum atomic E-state index is 12.6. The van der Waals surface area contributed by atoms with Gasteiger partial charge in [-0.25, -0.2) is 15.0 Å². The molecule has 1 amide bonds.